The lowest BCUT2D eigenvalue weighted by Crippen LogP contribution is -2.14. The summed E-state index contributed by atoms with van der Waals surface area (Å²) >= 11 is 0. The highest BCUT2D eigenvalue weighted by atomic mass is 19.1. The Kier molecular flexibility index (Phi) is 15.7. The molecule has 0 saturated carbocycles. The monoisotopic (exact) mass is 570 g/mol. The van der Waals surface area contributed by atoms with E-state index in [1.165, 1.54) is 11.6 Å². The predicted molar refractivity (Wildman–Crippen MR) is 177 cm³/mol. The third-order valence-electron chi connectivity index (χ3n) is 7.48. The maximum Gasteiger partial charge on any atom is 0.160 e. The van der Waals surface area contributed by atoms with Gasteiger partial charge in [0.2, 0.25) is 0 Å². The van der Waals surface area contributed by atoms with E-state index >= 15 is 0 Å². The number of aryl methyl sites for hydroxylation is 3. The molecular weight excluding hydrogens is 511 g/mol. The summed E-state index contributed by atoms with van der Waals surface area (Å²) in [4.78, 5) is 35.1. The Balaban J connectivity index is -0.000000781. The summed E-state index contributed by atoms with van der Waals surface area (Å²) in [5.41, 5.74) is 5.32. The van der Waals surface area contributed by atoms with Gasteiger partial charge in [0, 0.05) is 41.4 Å². The van der Waals surface area contributed by atoms with Crippen LogP contribution in [0.2, 0.25) is 0 Å². The molecule has 2 aromatic carbocycles. The van der Waals surface area contributed by atoms with E-state index in [1.807, 2.05) is 39.0 Å². The second-order valence-electron chi connectivity index (χ2n) is 12.7. The molecule has 2 atom stereocenters. The van der Waals surface area contributed by atoms with E-state index in [1.54, 1.807) is 19.1 Å². The van der Waals surface area contributed by atoms with E-state index in [0.717, 1.165) is 54.4 Å². The first kappa shape index (κ1) is 36.1. The smallest absolute Gasteiger partial charge is 0.160 e. The SMILES string of the molecule is C=CC(CC)c1cc(CCCc2cccc(F)c2)c(C(C)=O)cc1C.CC[C@H](C)CC(=O)CCC(=O)CC(C)(C)C.[HH].[HH].[HH]. The standard InChI is InChI=1S/C23H27FO.C14H26O2.3H2/c1-5-19(6-2)22-15-20(23(17(4)25)13-16(22)3)11-7-9-18-10-8-12-21(24)14-18;1-6-11(2)9-12(15)7-8-13(16)10-14(3,4)5;;;/h5,8,10,12-15,19H,1,6-7,9,11H2,2-4H3;11H,6-10H2,1-5H3;3*1H/t;11-;;;/m.0.../s1. The van der Waals surface area contributed by atoms with Crippen LogP contribution in [0.3, 0.4) is 0 Å². The van der Waals surface area contributed by atoms with Crippen molar-refractivity contribution in [2.24, 2.45) is 11.3 Å². The van der Waals surface area contributed by atoms with Gasteiger partial charge in [0.05, 0.1) is 0 Å². The number of Topliss-reactive ketones (excluding diaryl/α,β-unsaturated/α-hetero) is 3. The fraction of sp³-hybridized carbons (Fsp3) is 0.541. The molecule has 2 rings (SSSR count). The van der Waals surface area contributed by atoms with Crippen molar-refractivity contribution in [3.63, 3.8) is 0 Å². The van der Waals surface area contributed by atoms with Crippen LogP contribution in [0.1, 0.15) is 136 Å². The van der Waals surface area contributed by atoms with Gasteiger partial charge in [-0.2, -0.15) is 0 Å². The van der Waals surface area contributed by atoms with Gasteiger partial charge in [-0.3, -0.25) is 14.4 Å². The zero-order valence-electron chi connectivity index (χ0n) is 26.9. The number of halogens is 1. The van der Waals surface area contributed by atoms with E-state index in [4.69, 9.17) is 0 Å². The molecule has 0 aliphatic heterocycles. The quantitative estimate of drug-likeness (QED) is 0.158. The van der Waals surface area contributed by atoms with Crippen molar-refractivity contribution in [1.82, 2.24) is 0 Å². The third kappa shape index (κ3) is 14.0. The molecular formula is C37H59FO3. The zero-order chi connectivity index (χ0) is 31.2. The van der Waals surface area contributed by atoms with Gasteiger partial charge >= 0.3 is 0 Å². The van der Waals surface area contributed by atoms with E-state index in [-0.39, 0.29) is 32.9 Å². The number of hydrogen-bond acceptors (Lipinski definition) is 3. The molecule has 0 aliphatic carbocycles. The fourth-order valence-electron chi connectivity index (χ4n) is 4.99. The number of ketones is 3. The van der Waals surface area contributed by atoms with Crippen LogP contribution in [0.4, 0.5) is 4.39 Å². The fourth-order valence-corrected chi connectivity index (χ4v) is 4.99. The Bertz CT molecular complexity index is 1170. The maximum absolute atomic E-state index is 13.3. The molecule has 0 amide bonds. The van der Waals surface area contributed by atoms with Crippen LogP contribution < -0.4 is 0 Å². The van der Waals surface area contributed by atoms with Crippen molar-refractivity contribution in [2.75, 3.05) is 0 Å². The molecule has 2 aromatic rings. The average Bonchev–Trinajstić information content (AvgIpc) is 2.88. The van der Waals surface area contributed by atoms with Gasteiger partial charge in [-0.25, -0.2) is 4.39 Å². The Morgan fingerprint density at radius 1 is 1.00 bits per heavy atom. The second kappa shape index (κ2) is 17.8. The maximum atomic E-state index is 13.3. The summed E-state index contributed by atoms with van der Waals surface area (Å²) in [7, 11) is 0. The van der Waals surface area contributed by atoms with Crippen LogP contribution in [0.5, 0.6) is 0 Å². The lowest BCUT2D eigenvalue weighted by atomic mass is 9.87. The molecule has 0 heterocycles. The van der Waals surface area contributed by atoms with Crippen LogP contribution >= 0.6 is 0 Å². The molecule has 0 N–H and O–H groups in total. The molecule has 41 heavy (non-hydrogen) atoms. The lowest BCUT2D eigenvalue weighted by Gasteiger charge is -2.18. The van der Waals surface area contributed by atoms with Crippen molar-refractivity contribution in [1.29, 1.82) is 0 Å². The van der Waals surface area contributed by atoms with Crippen molar-refractivity contribution < 1.29 is 23.1 Å². The minimum Gasteiger partial charge on any atom is -0.300 e. The van der Waals surface area contributed by atoms with Crippen molar-refractivity contribution in [3.05, 3.63) is 82.7 Å². The predicted octanol–water partition coefficient (Wildman–Crippen LogP) is 10.7. The minimum atomic E-state index is -0.198. The van der Waals surface area contributed by atoms with E-state index in [9.17, 15) is 18.8 Å². The molecule has 3 nitrogen and oxygen atoms in total. The van der Waals surface area contributed by atoms with E-state index < -0.39 is 0 Å². The summed E-state index contributed by atoms with van der Waals surface area (Å²) in [5, 5.41) is 0. The first-order valence-corrected chi connectivity index (χ1v) is 15.2. The highest BCUT2D eigenvalue weighted by Gasteiger charge is 2.17. The molecule has 0 aliphatic rings. The molecule has 0 aromatic heterocycles. The van der Waals surface area contributed by atoms with Crippen LogP contribution in [0, 0.1) is 24.1 Å². The summed E-state index contributed by atoms with van der Waals surface area (Å²) in [6.07, 6.45) is 8.55. The van der Waals surface area contributed by atoms with Crippen molar-refractivity contribution >= 4 is 17.3 Å². The molecule has 0 spiro atoms. The first-order valence-electron chi connectivity index (χ1n) is 15.2. The Labute approximate surface area is 253 Å². The van der Waals surface area contributed by atoms with Gasteiger partial charge in [-0.15, -0.1) is 6.58 Å². The lowest BCUT2D eigenvalue weighted by molar-refractivity contribution is -0.125. The number of benzene rings is 2. The molecule has 232 valence electrons. The topological polar surface area (TPSA) is 51.2 Å². The van der Waals surface area contributed by atoms with Gasteiger partial charge in [-0.1, -0.05) is 72.2 Å². The Morgan fingerprint density at radius 2 is 1.66 bits per heavy atom. The molecule has 0 bridgehead atoms. The highest BCUT2D eigenvalue weighted by molar-refractivity contribution is 5.96. The molecule has 1 unspecified atom stereocenters. The number of rotatable bonds is 15. The average molecular weight is 571 g/mol. The van der Waals surface area contributed by atoms with E-state index in [0.29, 0.717) is 37.5 Å². The van der Waals surface area contributed by atoms with Gasteiger partial charge in [0.15, 0.2) is 5.78 Å². The molecule has 0 fully saturated rings. The van der Waals surface area contributed by atoms with Gasteiger partial charge < -0.3 is 0 Å². The number of hydrogen-bond donors (Lipinski definition) is 0. The van der Waals surface area contributed by atoms with Gasteiger partial charge in [0.25, 0.3) is 0 Å². The molecule has 0 radical (unpaired) electrons. The van der Waals surface area contributed by atoms with Crippen LogP contribution in [0.25, 0.3) is 0 Å². The number of carbonyl (C=O) groups excluding carboxylic acids is 3. The largest absolute Gasteiger partial charge is 0.300 e. The van der Waals surface area contributed by atoms with Crippen molar-refractivity contribution in [3.8, 4) is 0 Å². The van der Waals surface area contributed by atoms with Gasteiger partial charge in [0.1, 0.15) is 17.4 Å². The minimum absolute atomic E-state index is 0. The summed E-state index contributed by atoms with van der Waals surface area (Å²) < 4.78 is 13.3. The first-order chi connectivity index (χ1) is 19.2. The summed E-state index contributed by atoms with van der Waals surface area (Å²) in [6.45, 7) is 20.1. The van der Waals surface area contributed by atoms with Crippen LogP contribution in [-0.4, -0.2) is 17.3 Å². The van der Waals surface area contributed by atoms with Crippen LogP contribution in [0.15, 0.2) is 49.1 Å². The third-order valence-corrected chi connectivity index (χ3v) is 7.48. The Morgan fingerprint density at radius 3 is 2.20 bits per heavy atom. The summed E-state index contributed by atoms with van der Waals surface area (Å²) in [6, 6.07) is 10.9. The number of carbonyl (C=O) groups is 3. The molecule has 4 heteroatoms. The normalized spacial score (nSPS) is 12.6. The Hall–Kier alpha value is -2.88. The van der Waals surface area contributed by atoms with Crippen LogP contribution in [-0.2, 0) is 22.4 Å². The van der Waals surface area contributed by atoms with E-state index in [2.05, 4.69) is 40.3 Å². The second-order valence-corrected chi connectivity index (χ2v) is 12.7. The zero-order valence-corrected chi connectivity index (χ0v) is 26.9. The van der Waals surface area contributed by atoms with Crippen molar-refractivity contribution in [2.45, 2.75) is 119 Å². The van der Waals surface area contributed by atoms with Gasteiger partial charge in [-0.05, 0) is 91.3 Å². The summed E-state index contributed by atoms with van der Waals surface area (Å²) in [5.74, 6) is 1.10. The number of allylic oxidation sites excluding steroid dienone is 1. The highest BCUT2D eigenvalue weighted by Crippen LogP contribution is 2.28. The molecule has 0 saturated heterocycles.